The largest absolute Gasteiger partial charge is 0.482 e. The summed E-state index contributed by atoms with van der Waals surface area (Å²) in [5.74, 6) is -0.421. The van der Waals surface area contributed by atoms with Crippen LogP contribution in [-0.4, -0.2) is 27.2 Å². The lowest BCUT2D eigenvalue weighted by atomic mass is 10.3. The summed E-state index contributed by atoms with van der Waals surface area (Å²) in [6.45, 7) is -0.406. The van der Waals surface area contributed by atoms with Crippen molar-refractivity contribution < 1.29 is 17.9 Å². The molecule has 0 aromatic heterocycles. The van der Waals surface area contributed by atoms with Gasteiger partial charge in [0.2, 0.25) is 10.0 Å². The number of hydrogen-bond acceptors (Lipinski definition) is 4. The van der Waals surface area contributed by atoms with Crippen LogP contribution < -0.4 is 9.46 Å². The molecule has 5 nitrogen and oxygen atoms in total. The third-order valence-electron chi connectivity index (χ3n) is 1.49. The molecule has 0 aliphatic heterocycles. The molecule has 16 heavy (non-hydrogen) atoms. The van der Waals surface area contributed by atoms with Gasteiger partial charge in [0.25, 0.3) is 5.91 Å². The molecule has 1 aromatic rings. The van der Waals surface area contributed by atoms with E-state index in [1.807, 2.05) is 0 Å². The molecule has 0 atom stereocenters. The summed E-state index contributed by atoms with van der Waals surface area (Å²) in [7, 11) is -3.55. The number of halogens is 1. The first-order valence-corrected chi connectivity index (χ1v) is 6.53. The van der Waals surface area contributed by atoms with E-state index in [0.717, 1.165) is 6.26 Å². The Bertz CT molecular complexity index is 486. The molecule has 0 radical (unpaired) electrons. The van der Waals surface area contributed by atoms with Crippen molar-refractivity contribution in [2.24, 2.45) is 0 Å². The van der Waals surface area contributed by atoms with E-state index in [-0.39, 0.29) is 0 Å². The van der Waals surface area contributed by atoms with E-state index in [4.69, 9.17) is 16.3 Å². The van der Waals surface area contributed by atoms with Gasteiger partial charge in [-0.25, -0.2) is 8.42 Å². The van der Waals surface area contributed by atoms with Gasteiger partial charge in [-0.1, -0.05) is 23.7 Å². The molecule has 0 bridgehead atoms. The van der Waals surface area contributed by atoms with Gasteiger partial charge in [0, 0.05) is 0 Å². The lowest BCUT2D eigenvalue weighted by molar-refractivity contribution is -0.121. The maximum absolute atomic E-state index is 11.1. The van der Waals surface area contributed by atoms with Crippen molar-refractivity contribution in [2.45, 2.75) is 0 Å². The van der Waals surface area contributed by atoms with Crippen LogP contribution in [0.2, 0.25) is 5.02 Å². The van der Waals surface area contributed by atoms with Crippen molar-refractivity contribution in [3.8, 4) is 5.75 Å². The standard InChI is InChI=1S/C9H10ClNO4S/c1-16(13,14)11-9(12)6-15-8-5-3-2-4-7(8)10/h2-5H,6H2,1H3,(H,11,12). The summed E-state index contributed by atoms with van der Waals surface area (Å²) in [5, 5.41) is 0.356. The summed E-state index contributed by atoms with van der Waals surface area (Å²) < 4.78 is 28.2. The van der Waals surface area contributed by atoms with Crippen LogP contribution in [-0.2, 0) is 14.8 Å². The van der Waals surface area contributed by atoms with Crippen LogP contribution in [0.15, 0.2) is 24.3 Å². The van der Waals surface area contributed by atoms with Crippen molar-refractivity contribution in [2.75, 3.05) is 12.9 Å². The highest BCUT2D eigenvalue weighted by atomic mass is 35.5. The summed E-state index contributed by atoms with van der Waals surface area (Å²) in [6, 6.07) is 6.59. The molecule has 0 saturated carbocycles. The average molecular weight is 264 g/mol. The second kappa shape index (κ2) is 5.18. The van der Waals surface area contributed by atoms with Crippen molar-refractivity contribution in [1.82, 2.24) is 4.72 Å². The minimum atomic E-state index is -3.55. The van der Waals surface area contributed by atoms with Gasteiger partial charge in [-0.3, -0.25) is 9.52 Å². The number of para-hydroxylation sites is 1. The van der Waals surface area contributed by atoms with Crippen LogP contribution in [0.1, 0.15) is 0 Å². The normalized spacial score (nSPS) is 10.9. The monoisotopic (exact) mass is 263 g/mol. The van der Waals surface area contributed by atoms with Gasteiger partial charge in [-0.05, 0) is 12.1 Å². The maximum Gasteiger partial charge on any atom is 0.271 e. The number of nitrogens with one attached hydrogen (secondary N) is 1. The average Bonchev–Trinajstić information content (AvgIpc) is 2.14. The Balaban J connectivity index is 2.53. The molecule has 0 saturated heterocycles. The Kier molecular flexibility index (Phi) is 4.14. The van der Waals surface area contributed by atoms with E-state index in [1.165, 1.54) is 0 Å². The number of amides is 1. The zero-order valence-corrected chi connectivity index (χ0v) is 10.0. The van der Waals surface area contributed by atoms with Crippen LogP contribution in [0.25, 0.3) is 0 Å². The Labute approximate surface area is 98.4 Å². The van der Waals surface area contributed by atoms with E-state index in [2.05, 4.69) is 0 Å². The molecular formula is C9H10ClNO4S. The highest BCUT2D eigenvalue weighted by Crippen LogP contribution is 2.22. The summed E-state index contributed by atoms with van der Waals surface area (Å²) in [6.07, 6.45) is 0.889. The first-order chi connectivity index (χ1) is 7.38. The number of rotatable bonds is 4. The molecule has 1 aromatic carbocycles. The second-order valence-corrected chi connectivity index (χ2v) is 5.17. The molecule has 1 N–H and O–H groups in total. The number of carbonyl (C=O) groups excluding carboxylic acids is 1. The van der Waals surface area contributed by atoms with E-state index in [9.17, 15) is 13.2 Å². The van der Waals surface area contributed by atoms with Crippen LogP contribution in [0, 0.1) is 0 Å². The van der Waals surface area contributed by atoms with Crippen LogP contribution >= 0.6 is 11.6 Å². The fourth-order valence-electron chi connectivity index (χ4n) is 0.941. The number of hydrogen-bond donors (Lipinski definition) is 1. The SMILES string of the molecule is CS(=O)(=O)NC(=O)COc1ccccc1Cl. The van der Waals surface area contributed by atoms with E-state index < -0.39 is 22.5 Å². The molecule has 0 aliphatic rings. The molecule has 0 aliphatic carbocycles. The highest BCUT2D eigenvalue weighted by Gasteiger charge is 2.09. The Morgan fingerprint density at radius 2 is 2.06 bits per heavy atom. The molecule has 0 unspecified atom stereocenters. The Morgan fingerprint density at radius 3 is 2.62 bits per heavy atom. The molecule has 1 amide bonds. The van der Waals surface area contributed by atoms with E-state index in [0.29, 0.717) is 10.8 Å². The molecule has 0 heterocycles. The fourth-order valence-corrected chi connectivity index (χ4v) is 1.60. The molecular weight excluding hydrogens is 254 g/mol. The first kappa shape index (κ1) is 12.8. The predicted molar refractivity (Wildman–Crippen MR) is 59.9 cm³/mol. The predicted octanol–water partition coefficient (Wildman–Crippen LogP) is 0.795. The van der Waals surface area contributed by atoms with Gasteiger partial charge < -0.3 is 4.74 Å². The highest BCUT2D eigenvalue weighted by molar-refractivity contribution is 7.89. The van der Waals surface area contributed by atoms with Crippen LogP contribution in [0.3, 0.4) is 0 Å². The Hall–Kier alpha value is -1.27. The molecule has 88 valence electrons. The second-order valence-electron chi connectivity index (χ2n) is 3.02. The fraction of sp³-hybridized carbons (Fsp3) is 0.222. The summed E-state index contributed by atoms with van der Waals surface area (Å²) in [4.78, 5) is 11.1. The minimum Gasteiger partial charge on any atom is -0.482 e. The zero-order valence-electron chi connectivity index (χ0n) is 8.44. The van der Waals surface area contributed by atoms with Gasteiger partial charge in [-0.2, -0.15) is 0 Å². The van der Waals surface area contributed by atoms with Gasteiger partial charge in [0.15, 0.2) is 6.61 Å². The first-order valence-electron chi connectivity index (χ1n) is 4.26. The quantitative estimate of drug-likeness (QED) is 0.872. The summed E-state index contributed by atoms with van der Waals surface area (Å²) >= 11 is 5.77. The number of sulfonamides is 1. The number of ether oxygens (including phenoxy) is 1. The van der Waals surface area contributed by atoms with E-state index in [1.54, 1.807) is 29.0 Å². The third kappa shape index (κ3) is 4.50. The van der Waals surface area contributed by atoms with Gasteiger partial charge in [-0.15, -0.1) is 0 Å². The molecule has 0 spiro atoms. The smallest absolute Gasteiger partial charge is 0.271 e. The van der Waals surface area contributed by atoms with Crippen molar-refractivity contribution in [1.29, 1.82) is 0 Å². The van der Waals surface area contributed by atoms with Crippen molar-refractivity contribution >= 4 is 27.5 Å². The van der Waals surface area contributed by atoms with Gasteiger partial charge in [0.05, 0.1) is 11.3 Å². The lowest BCUT2D eigenvalue weighted by Gasteiger charge is -2.07. The zero-order chi connectivity index (χ0) is 12.2. The van der Waals surface area contributed by atoms with Crippen molar-refractivity contribution in [3.05, 3.63) is 29.3 Å². The van der Waals surface area contributed by atoms with Gasteiger partial charge in [0.1, 0.15) is 5.75 Å². The lowest BCUT2D eigenvalue weighted by Crippen LogP contribution is -2.33. The summed E-state index contributed by atoms with van der Waals surface area (Å²) in [5.41, 5.74) is 0. The molecule has 0 fully saturated rings. The van der Waals surface area contributed by atoms with Crippen molar-refractivity contribution in [3.63, 3.8) is 0 Å². The topological polar surface area (TPSA) is 72.5 Å². The number of benzene rings is 1. The van der Waals surface area contributed by atoms with E-state index >= 15 is 0 Å². The maximum atomic E-state index is 11.1. The van der Waals surface area contributed by atoms with Crippen LogP contribution in [0.4, 0.5) is 0 Å². The molecule has 7 heteroatoms. The third-order valence-corrected chi connectivity index (χ3v) is 2.41. The minimum absolute atomic E-state index is 0.327. The van der Waals surface area contributed by atoms with Gasteiger partial charge >= 0.3 is 0 Å². The molecule has 1 rings (SSSR count). The van der Waals surface area contributed by atoms with Crippen LogP contribution in [0.5, 0.6) is 5.75 Å². The number of carbonyl (C=O) groups is 1. The Morgan fingerprint density at radius 1 is 1.44 bits per heavy atom.